The summed E-state index contributed by atoms with van der Waals surface area (Å²) < 4.78 is 2.17. The van der Waals surface area contributed by atoms with Crippen LogP contribution in [0.25, 0.3) is 38.7 Å². The van der Waals surface area contributed by atoms with Crippen LogP contribution >= 0.6 is 0 Å². The van der Waals surface area contributed by atoms with Crippen molar-refractivity contribution < 1.29 is 0 Å². The van der Waals surface area contributed by atoms with Crippen molar-refractivity contribution in [1.29, 1.82) is 0 Å². The van der Waals surface area contributed by atoms with Crippen molar-refractivity contribution in [2.45, 2.75) is 26.2 Å². The molecule has 2 nitrogen and oxygen atoms in total. The highest BCUT2D eigenvalue weighted by Crippen LogP contribution is 2.40. The van der Waals surface area contributed by atoms with Crippen molar-refractivity contribution in [3.63, 3.8) is 0 Å². The standard InChI is InChI=1S/C27H24N2/c1-2-3-16-22-19-25-23-17-10-11-18-24(23)26(20-12-6-4-7-13-20)27(29(25)28-22)21-14-8-5-9-15-21/h4-15,17-19H,2-3,16H2,1H3. The lowest BCUT2D eigenvalue weighted by molar-refractivity contribution is 0.763. The number of nitrogens with zero attached hydrogens (tertiary/aromatic N) is 2. The van der Waals surface area contributed by atoms with E-state index in [-0.39, 0.29) is 0 Å². The average Bonchev–Trinajstić information content (AvgIpc) is 3.22. The molecule has 0 saturated heterocycles. The number of benzene rings is 3. The number of aryl methyl sites for hydroxylation is 1. The van der Waals surface area contributed by atoms with Crippen LogP contribution in [0.2, 0.25) is 0 Å². The Labute approximate surface area is 171 Å². The molecule has 0 atom stereocenters. The van der Waals surface area contributed by atoms with E-state index >= 15 is 0 Å². The molecule has 0 amide bonds. The Kier molecular flexibility index (Phi) is 4.61. The molecular formula is C27H24N2. The first-order chi connectivity index (χ1) is 14.4. The van der Waals surface area contributed by atoms with Gasteiger partial charge in [0.15, 0.2) is 0 Å². The molecule has 0 saturated carbocycles. The fraction of sp³-hybridized carbons (Fsp3) is 0.148. The van der Waals surface area contributed by atoms with Crippen molar-refractivity contribution in [3.05, 3.63) is 96.7 Å². The van der Waals surface area contributed by atoms with Crippen LogP contribution < -0.4 is 0 Å². The second kappa shape index (κ2) is 7.56. The van der Waals surface area contributed by atoms with E-state index in [0.29, 0.717) is 0 Å². The van der Waals surface area contributed by atoms with Gasteiger partial charge in [-0.15, -0.1) is 0 Å². The van der Waals surface area contributed by atoms with Gasteiger partial charge in [-0.1, -0.05) is 98.3 Å². The molecule has 142 valence electrons. The highest BCUT2D eigenvalue weighted by Gasteiger charge is 2.19. The molecule has 0 aliphatic heterocycles. The topological polar surface area (TPSA) is 17.3 Å². The zero-order chi connectivity index (χ0) is 19.6. The van der Waals surface area contributed by atoms with Gasteiger partial charge in [0.05, 0.1) is 16.9 Å². The Hall–Kier alpha value is -3.39. The summed E-state index contributed by atoms with van der Waals surface area (Å²) in [6, 6.07) is 32.3. The second-order valence-corrected chi connectivity index (χ2v) is 7.54. The van der Waals surface area contributed by atoms with Crippen LogP contribution in [-0.2, 0) is 6.42 Å². The van der Waals surface area contributed by atoms with Crippen molar-refractivity contribution >= 4 is 16.3 Å². The maximum absolute atomic E-state index is 5.08. The average molecular weight is 377 g/mol. The van der Waals surface area contributed by atoms with Crippen LogP contribution in [-0.4, -0.2) is 9.61 Å². The van der Waals surface area contributed by atoms with Gasteiger partial charge in [-0.3, -0.25) is 0 Å². The van der Waals surface area contributed by atoms with E-state index in [0.717, 1.165) is 18.5 Å². The maximum Gasteiger partial charge on any atom is 0.0809 e. The van der Waals surface area contributed by atoms with Crippen LogP contribution in [0.5, 0.6) is 0 Å². The Bertz CT molecular complexity index is 1270. The highest BCUT2D eigenvalue weighted by molar-refractivity contribution is 6.09. The lowest BCUT2D eigenvalue weighted by Gasteiger charge is -2.16. The molecule has 2 heterocycles. The lowest BCUT2D eigenvalue weighted by atomic mass is 9.93. The van der Waals surface area contributed by atoms with E-state index in [1.54, 1.807) is 0 Å². The predicted octanol–water partition coefficient (Wildman–Crippen LogP) is 7.16. The molecule has 0 unspecified atom stereocenters. The fourth-order valence-electron chi connectivity index (χ4n) is 4.19. The zero-order valence-corrected chi connectivity index (χ0v) is 16.7. The summed E-state index contributed by atoms with van der Waals surface area (Å²) >= 11 is 0. The van der Waals surface area contributed by atoms with Gasteiger partial charge in [0.1, 0.15) is 0 Å². The smallest absolute Gasteiger partial charge is 0.0809 e. The summed E-state index contributed by atoms with van der Waals surface area (Å²) in [6.45, 7) is 2.23. The van der Waals surface area contributed by atoms with Crippen molar-refractivity contribution in [3.8, 4) is 22.4 Å². The fourth-order valence-corrected chi connectivity index (χ4v) is 4.19. The van der Waals surface area contributed by atoms with E-state index in [4.69, 9.17) is 5.10 Å². The van der Waals surface area contributed by atoms with Gasteiger partial charge in [-0.25, -0.2) is 4.52 Å². The third-order valence-corrected chi connectivity index (χ3v) is 5.58. The summed E-state index contributed by atoms with van der Waals surface area (Å²) in [5, 5.41) is 7.60. The third-order valence-electron chi connectivity index (χ3n) is 5.58. The van der Waals surface area contributed by atoms with Crippen LogP contribution in [0, 0.1) is 0 Å². The molecule has 5 rings (SSSR count). The molecule has 0 aliphatic carbocycles. The quantitative estimate of drug-likeness (QED) is 0.318. The first kappa shape index (κ1) is 17.7. The lowest BCUT2D eigenvalue weighted by Crippen LogP contribution is -2.00. The number of rotatable bonds is 5. The molecular weight excluding hydrogens is 352 g/mol. The van der Waals surface area contributed by atoms with Crippen molar-refractivity contribution in [1.82, 2.24) is 9.61 Å². The van der Waals surface area contributed by atoms with Gasteiger partial charge >= 0.3 is 0 Å². The summed E-state index contributed by atoms with van der Waals surface area (Å²) in [6.07, 6.45) is 3.35. The van der Waals surface area contributed by atoms with Gasteiger partial charge in [0.2, 0.25) is 0 Å². The number of aromatic nitrogens is 2. The molecule has 0 fully saturated rings. The van der Waals surface area contributed by atoms with Crippen LogP contribution in [0.1, 0.15) is 25.5 Å². The van der Waals surface area contributed by atoms with E-state index in [2.05, 4.69) is 102 Å². The number of pyridine rings is 1. The first-order valence-electron chi connectivity index (χ1n) is 10.4. The van der Waals surface area contributed by atoms with Crippen molar-refractivity contribution in [2.24, 2.45) is 0 Å². The summed E-state index contributed by atoms with van der Waals surface area (Å²) in [5.74, 6) is 0. The van der Waals surface area contributed by atoms with Crippen molar-refractivity contribution in [2.75, 3.05) is 0 Å². The largest absolute Gasteiger partial charge is 0.232 e. The monoisotopic (exact) mass is 376 g/mol. The van der Waals surface area contributed by atoms with E-state index in [1.807, 2.05) is 0 Å². The molecule has 29 heavy (non-hydrogen) atoms. The molecule has 0 radical (unpaired) electrons. The molecule has 0 bridgehead atoms. The first-order valence-corrected chi connectivity index (χ1v) is 10.4. The minimum absolute atomic E-state index is 1.02. The summed E-state index contributed by atoms with van der Waals surface area (Å²) in [4.78, 5) is 0. The van der Waals surface area contributed by atoms with Crippen LogP contribution in [0.15, 0.2) is 91.0 Å². The molecule has 3 aromatic carbocycles. The minimum atomic E-state index is 1.02. The van der Waals surface area contributed by atoms with E-state index in [1.165, 1.54) is 45.1 Å². The number of fused-ring (bicyclic) bond motifs is 3. The maximum atomic E-state index is 5.08. The van der Waals surface area contributed by atoms with E-state index < -0.39 is 0 Å². The number of hydrogen-bond donors (Lipinski definition) is 0. The van der Waals surface area contributed by atoms with E-state index in [9.17, 15) is 0 Å². The highest BCUT2D eigenvalue weighted by atomic mass is 15.2. The van der Waals surface area contributed by atoms with Crippen LogP contribution in [0.4, 0.5) is 0 Å². The Morgan fingerprint density at radius 2 is 1.34 bits per heavy atom. The zero-order valence-electron chi connectivity index (χ0n) is 16.7. The molecule has 0 aliphatic rings. The molecule has 5 aromatic rings. The molecule has 2 heteroatoms. The second-order valence-electron chi connectivity index (χ2n) is 7.54. The SMILES string of the molecule is CCCCc1cc2c3ccccc3c(-c3ccccc3)c(-c3ccccc3)n2n1. The van der Waals surface area contributed by atoms with Gasteiger partial charge in [0, 0.05) is 16.5 Å². The minimum Gasteiger partial charge on any atom is -0.232 e. The molecule has 0 spiro atoms. The van der Waals surface area contributed by atoms with Crippen LogP contribution in [0.3, 0.4) is 0 Å². The summed E-state index contributed by atoms with van der Waals surface area (Å²) in [5.41, 5.74) is 7.16. The Morgan fingerprint density at radius 1 is 0.724 bits per heavy atom. The number of hydrogen-bond acceptors (Lipinski definition) is 1. The van der Waals surface area contributed by atoms with Gasteiger partial charge < -0.3 is 0 Å². The summed E-state index contributed by atoms with van der Waals surface area (Å²) in [7, 11) is 0. The Morgan fingerprint density at radius 3 is 2.03 bits per heavy atom. The normalized spacial score (nSPS) is 11.3. The van der Waals surface area contributed by atoms with Gasteiger partial charge in [0.25, 0.3) is 0 Å². The predicted molar refractivity (Wildman–Crippen MR) is 122 cm³/mol. The third kappa shape index (κ3) is 3.11. The molecule has 0 N–H and O–H groups in total. The Balaban J connectivity index is 1.94. The number of unbranched alkanes of at least 4 members (excludes halogenated alkanes) is 1. The van der Waals surface area contributed by atoms with Gasteiger partial charge in [-0.05, 0) is 29.9 Å². The molecule has 2 aromatic heterocycles. The van der Waals surface area contributed by atoms with Gasteiger partial charge in [-0.2, -0.15) is 5.10 Å².